The van der Waals surface area contributed by atoms with Gasteiger partial charge in [-0.2, -0.15) is 0 Å². The fourth-order valence-corrected chi connectivity index (χ4v) is 2.91. The third-order valence-electron chi connectivity index (χ3n) is 4.20. The third-order valence-corrected chi connectivity index (χ3v) is 4.20. The standard InChI is InChI=1S/C18H22N2O5/c1-18(2)24-16(22)13(17(23)25-18)11-19-14-5-3-4-6-15(14)20-9-7-12(21)8-10-20/h3-6,11-12,19,21H,7-10H2,1-2H3. The number of benzene rings is 1. The first kappa shape index (κ1) is 17.3. The van der Waals surface area contributed by atoms with Gasteiger partial charge in [0.25, 0.3) is 5.79 Å². The van der Waals surface area contributed by atoms with Crippen LogP contribution in [0.25, 0.3) is 0 Å². The molecule has 1 aromatic rings. The van der Waals surface area contributed by atoms with Crippen LogP contribution in [-0.4, -0.2) is 42.0 Å². The summed E-state index contributed by atoms with van der Waals surface area (Å²) in [5.41, 5.74) is 1.53. The Morgan fingerprint density at radius 3 is 2.40 bits per heavy atom. The molecule has 0 aliphatic carbocycles. The van der Waals surface area contributed by atoms with Gasteiger partial charge in [0.1, 0.15) is 0 Å². The summed E-state index contributed by atoms with van der Waals surface area (Å²) in [5.74, 6) is -2.68. The predicted octanol–water partition coefficient (Wildman–Crippen LogP) is 1.78. The highest BCUT2D eigenvalue weighted by Crippen LogP contribution is 2.29. The highest BCUT2D eigenvalue weighted by atomic mass is 16.7. The first-order valence-corrected chi connectivity index (χ1v) is 8.31. The summed E-state index contributed by atoms with van der Waals surface area (Å²) in [6, 6.07) is 7.61. The minimum absolute atomic E-state index is 0.178. The lowest BCUT2D eigenvalue weighted by atomic mass is 10.1. The molecule has 25 heavy (non-hydrogen) atoms. The summed E-state index contributed by atoms with van der Waals surface area (Å²) < 4.78 is 10.2. The number of esters is 2. The maximum Gasteiger partial charge on any atom is 0.350 e. The Bertz CT molecular complexity index is 683. The predicted molar refractivity (Wildman–Crippen MR) is 91.9 cm³/mol. The lowest BCUT2D eigenvalue weighted by Crippen LogP contribution is -2.42. The maximum atomic E-state index is 12.0. The van der Waals surface area contributed by atoms with Crippen molar-refractivity contribution in [3.8, 4) is 0 Å². The Hall–Kier alpha value is -2.54. The summed E-state index contributed by atoms with van der Waals surface area (Å²) in [7, 11) is 0. The molecule has 2 N–H and O–H groups in total. The normalized spacial score (nSPS) is 20.8. The molecule has 0 atom stereocenters. The van der Waals surface area contributed by atoms with Crippen LogP contribution in [0.1, 0.15) is 26.7 Å². The molecular formula is C18H22N2O5. The van der Waals surface area contributed by atoms with E-state index in [4.69, 9.17) is 9.47 Å². The number of ether oxygens (including phenoxy) is 2. The molecule has 2 aliphatic heterocycles. The molecule has 2 saturated heterocycles. The number of hydrogen-bond acceptors (Lipinski definition) is 7. The van der Waals surface area contributed by atoms with Crippen molar-refractivity contribution in [3.63, 3.8) is 0 Å². The molecule has 2 aliphatic rings. The van der Waals surface area contributed by atoms with Gasteiger partial charge in [-0.25, -0.2) is 9.59 Å². The number of piperidine rings is 1. The molecule has 0 spiro atoms. The van der Waals surface area contributed by atoms with Crippen molar-refractivity contribution in [2.24, 2.45) is 0 Å². The van der Waals surface area contributed by atoms with E-state index in [0.29, 0.717) is 12.8 Å². The van der Waals surface area contributed by atoms with Crippen molar-refractivity contribution in [2.75, 3.05) is 23.3 Å². The number of cyclic esters (lactones) is 2. The summed E-state index contributed by atoms with van der Waals surface area (Å²) in [6.07, 6.45) is 2.48. The highest BCUT2D eigenvalue weighted by molar-refractivity contribution is 6.15. The fraction of sp³-hybridized carbons (Fsp3) is 0.444. The third kappa shape index (κ3) is 3.93. The van der Waals surface area contributed by atoms with E-state index in [1.54, 1.807) is 0 Å². The summed E-state index contributed by atoms with van der Waals surface area (Å²) in [5, 5.41) is 12.7. The van der Waals surface area contributed by atoms with Gasteiger partial charge >= 0.3 is 11.9 Å². The molecule has 2 fully saturated rings. The number of aliphatic hydroxyl groups is 1. The van der Waals surface area contributed by atoms with Crippen LogP contribution < -0.4 is 10.2 Å². The number of carbonyl (C=O) groups excluding carboxylic acids is 2. The van der Waals surface area contributed by atoms with E-state index in [1.165, 1.54) is 20.0 Å². The average molecular weight is 346 g/mol. The van der Waals surface area contributed by atoms with Crippen molar-refractivity contribution < 1.29 is 24.2 Å². The van der Waals surface area contributed by atoms with Crippen LogP contribution >= 0.6 is 0 Å². The Kier molecular flexibility index (Phi) is 4.67. The van der Waals surface area contributed by atoms with Gasteiger partial charge in [0.05, 0.1) is 17.5 Å². The molecule has 0 amide bonds. The molecule has 2 heterocycles. The molecule has 0 aromatic heterocycles. The molecule has 7 heteroatoms. The zero-order valence-electron chi connectivity index (χ0n) is 14.3. The monoisotopic (exact) mass is 346 g/mol. The summed E-state index contributed by atoms with van der Waals surface area (Å²) in [4.78, 5) is 26.2. The molecule has 1 aromatic carbocycles. The van der Waals surface area contributed by atoms with Crippen molar-refractivity contribution >= 4 is 23.3 Å². The second kappa shape index (κ2) is 6.76. The van der Waals surface area contributed by atoms with Gasteiger partial charge in [-0.05, 0) is 25.0 Å². The molecule has 0 unspecified atom stereocenters. The lowest BCUT2D eigenvalue weighted by molar-refractivity contribution is -0.222. The van der Waals surface area contributed by atoms with Gasteiger partial charge in [-0.15, -0.1) is 0 Å². The number of carbonyl (C=O) groups is 2. The Labute approximate surface area is 146 Å². The van der Waals surface area contributed by atoms with Crippen LogP contribution in [0.5, 0.6) is 0 Å². The van der Waals surface area contributed by atoms with Gasteiger partial charge in [-0.3, -0.25) is 0 Å². The lowest BCUT2D eigenvalue weighted by Gasteiger charge is -2.33. The number of nitrogens with one attached hydrogen (secondary N) is 1. The number of hydrogen-bond donors (Lipinski definition) is 2. The Morgan fingerprint density at radius 1 is 1.16 bits per heavy atom. The number of anilines is 2. The van der Waals surface area contributed by atoms with Crippen molar-refractivity contribution in [2.45, 2.75) is 38.6 Å². The quantitative estimate of drug-likeness (QED) is 0.490. The maximum absolute atomic E-state index is 12.0. The first-order valence-electron chi connectivity index (χ1n) is 8.31. The second-order valence-corrected chi connectivity index (χ2v) is 6.62. The Morgan fingerprint density at radius 2 is 1.76 bits per heavy atom. The number of para-hydroxylation sites is 2. The number of aliphatic hydroxyl groups excluding tert-OH is 1. The van der Waals surface area contributed by atoms with Gasteiger partial charge in [-0.1, -0.05) is 12.1 Å². The Balaban J connectivity index is 1.77. The van der Waals surface area contributed by atoms with E-state index >= 15 is 0 Å². The van der Waals surface area contributed by atoms with Crippen LogP contribution in [0.3, 0.4) is 0 Å². The molecule has 0 bridgehead atoms. The second-order valence-electron chi connectivity index (χ2n) is 6.62. The van der Waals surface area contributed by atoms with Gasteiger partial charge in [0, 0.05) is 33.1 Å². The van der Waals surface area contributed by atoms with Gasteiger partial charge in [0.15, 0.2) is 5.57 Å². The molecule has 0 saturated carbocycles. The minimum atomic E-state index is -1.25. The smallest absolute Gasteiger partial charge is 0.350 e. The first-order chi connectivity index (χ1) is 11.9. The molecular weight excluding hydrogens is 324 g/mol. The minimum Gasteiger partial charge on any atom is -0.419 e. The van der Waals surface area contributed by atoms with Crippen LogP contribution in [0.15, 0.2) is 36.0 Å². The van der Waals surface area contributed by atoms with E-state index in [9.17, 15) is 14.7 Å². The summed E-state index contributed by atoms with van der Waals surface area (Å²) >= 11 is 0. The molecule has 3 rings (SSSR count). The highest BCUT2D eigenvalue weighted by Gasteiger charge is 2.39. The van der Waals surface area contributed by atoms with Gasteiger partial charge in [0.2, 0.25) is 0 Å². The number of rotatable bonds is 3. The topological polar surface area (TPSA) is 88.1 Å². The van der Waals surface area contributed by atoms with Crippen molar-refractivity contribution in [1.29, 1.82) is 0 Å². The van der Waals surface area contributed by atoms with E-state index < -0.39 is 17.7 Å². The van der Waals surface area contributed by atoms with Crippen LogP contribution in [-0.2, 0) is 19.1 Å². The van der Waals surface area contributed by atoms with Crippen LogP contribution in [0.2, 0.25) is 0 Å². The van der Waals surface area contributed by atoms with E-state index in [0.717, 1.165) is 24.5 Å². The van der Waals surface area contributed by atoms with Crippen molar-refractivity contribution in [3.05, 3.63) is 36.0 Å². The van der Waals surface area contributed by atoms with E-state index in [-0.39, 0.29) is 11.7 Å². The zero-order chi connectivity index (χ0) is 18.0. The zero-order valence-corrected chi connectivity index (χ0v) is 14.3. The summed E-state index contributed by atoms with van der Waals surface area (Å²) in [6.45, 7) is 4.50. The van der Waals surface area contributed by atoms with E-state index in [2.05, 4.69) is 10.2 Å². The molecule has 0 radical (unpaired) electrons. The van der Waals surface area contributed by atoms with Crippen LogP contribution in [0, 0.1) is 0 Å². The molecule has 7 nitrogen and oxygen atoms in total. The number of nitrogens with zero attached hydrogens (tertiary/aromatic N) is 1. The molecule has 134 valence electrons. The van der Waals surface area contributed by atoms with Crippen LogP contribution in [0.4, 0.5) is 11.4 Å². The fourth-order valence-electron chi connectivity index (χ4n) is 2.91. The van der Waals surface area contributed by atoms with E-state index in [1.807, 2.05) is 24.3 Å². The SMILES string of the molecule is CC1(C)OC(=O)C(=CNc2ccccc2N2CCC(O)CC2)C(=O)O1. The largest absolute Gasteiger partial charge is 0.419 e. The van der Waals surface area contributed by atoms with Crippen molar-refractivity contribution in [1.82, 2.24) is 0 Å². The van der Waals surface area contributed by atoms with Gasteiger partial charge < -0.3 is 24.8 Å². The average Bonchev–Trinajstić information content (AvgIpc) is 2.54.